The summed E-state index contributed by atoms with van der Waals surface area (Å²) >= 11 is 0. The first-order chi connectivity index (χ1) is 10.6. The molecule has 0 aliphatic carbocycles. The Morgan fingerprint density at radius 3 is 2.68 bits per heavy atom. The summed E-state index contributed by atoms with van der Waals surface area (Å²) < 4.78 is 0. The molecule has 0 bridgehead atoms. The van der Waals surface area contributed by atoms with Crippen LogP contribution in [-0.2, 0) is 10.2 Å². The van der Waals surface area contributed by atoms with Gasteiger partial charge in [-0.3, -0.25) is 4.79 Å². The van der Waals surface area contributed by atoms with Crippen LogP contribution in [-0.4, -0.2) is 24.6 Å². The zero-order valence-corrected chi connectivity index (χ0v) is 12.5. The molecule has 1 fully saturated rings. The molecule has 22 heavy (non-hydrogen) atoms. The van der Waals surface area contributed by atoms with Crippen molar-refractivity contribution in [3.8, 4) is 5.75 Å². The number of carbonyl (C=O) groups excluding carboxylic acids is 1. The monoisotopic (exact) mass is 295 g/mol. The van der Waals surface area contributed by atoms with Gasteiger partial charge in [0.2, 0.25) is 5.91 Å². The summed E-state index contributed by atoms with van der Waals surface area (Å²) in [5, 5.41) is 11.8. The SMILES string of the molecule is CN1C(=O)[C@@]2(CC[NH2+][C@@H]2c2ccc(O)cc2)c2ccccc21. The summed E-state index contributed by atoms with van der Waals surface area (Å²) in [5.74, 6) is 0.437. The predicted molar refractivity (Wildman–Crippen MR) is 83.8 cm³/mol. The molecule has 1 spiro atoms. The zero-order valence-electron chi connectivity index (χ0n) is 12.5. The van der Waals surface area contributed by atoms with Crippen LogP contribution in [0, 0.1) is 0 Å². The van der Waals surface area contributed by atoms with E-state index in [1.807, 2.05) is 37.4 Å². The number of benzene rings is 2. The van der Waals surface area contributed by atoms with Crippen LogP contribution < -0.4 is 10.2 Å². The Labute approximate surface area is 129 Å². The number of nitrogens with two attached hydrogens (primary N) is 1. The largest absolute Gasteiger partial charge is 0.508 e. The maximum Gasteiger partial charge on any atom is 0.244 e. The van der Waals surface area contributed by atoms with E-state index < -0.39 is 5.41 Å². The molecule has 2 aromatic carbocycles. The Bertz CT molecular complexity index is 741. The molecule has 2 heterocycles. The minimum Gasteiger partial charge on any atom is -0.508 e. The van der Waals surface area contributed by atoms with Gasteiger partial charge in [-0.05, 0) is 35.9 Å². The highest BCUT2D eigenvalue weighted by molar-refractivity contribution is 6.08. The number of para-hydroxylation sites is 1. The summed E-state index contributed by atoms with van der Waals surface area (Å²) in [7, 11) is 1.86. The molecule has 1 saturated heterocycles. The van der Waals surface area contributed by atoms with Gasteiger partial charge in [0.05, 0.1) is 6.54 Å². The number of hydrogen-bond acceptors (Lipinski definition) is 2. The Morgan fingerprint density at radius 1 is 1.18 bits per heavy atom. The lowest BCUT2D eigenvalue weighted by Crippen LogP contribution is -2.83. The maximum atomic E-state index is 13.1. The fourth-order valence-corrected chi connectivity index (χ4v) is 4.15. The van der Waals surface area contributed by atoms with Gasteiger partial charge in [0.25, 0.3) is 0 Å². The van der Waals surface area contributed by atoms with E-state index >= 15 is 0 Å². The van der Waals surface area contributed by atoms with Gasteiger partial charge in [0, 0.05) is 24.7 Å². The van der Waals surface area contributed by atoms with Gasteiger partial charge in [0.1, 0.15) is 17.2 Å². The maximum absolute atomic E-state index is 13.1. The lowest BCUT2D eigenvalue weighted by molar-refractivity contribution is -0.679. The quantitative estimate of drug-likeness (QED) is 0.833. The highest BCUT2D eigenvalue weighted by Gasteiger charge is 2.60. The number of hydrogen-bond donors (Lipinski definition) is 2. The van der Waals surface area contributed by atoms with Crippen molar-refractivity contribution in [1.29, 1.82) is 0 Å². The number of aromatic hydroxyl groups is 1. The molecule has 4 rings (SSSR count). The molecule has 0 radical (unpaired) electrons. The smallest absolute Gasteiger partial charge is 0.244 e. The van der Waals surface area contributed by atoms with Crippen molar-refractivity contribution >= 4 is 11.6 Å². The number of anilines is 1. The molecule has 4 heteroatoms. The molecule has 2 aliphatic heterocycles. The third kappa shape index (κ3) is 1.58. The van der Waals surface area contributed by atoms with E-state index in [2.05, 4.69) is 11.4 Å². The second kappa shape index (κ2) is 4.58. The molecule has 0 unspecified atom stereocenters. The number of nitrogens with zero attached hydrogens (tertiary/aromatic N) is 1. The van der Waals surface area contributed by atoms with Gasteiger partial charge >= 0.3 is 0 Å². The fourth-order valence-electron chi connectivity index (χ4n) is 4.15. The molecular weight excluding hydrogens is 276 g/mol. The topological polar surface area (TPSA) is 57.2 Å². The van der Waals surface area contributed by atoms with Crippen molar-refractivity contribution in [2.45, 2.75) is 17.9 Å². The average molecular weight is 295 g/mol. The molecule has 2 aliphatic rings. The van der Waals surface area contributed by atoms with Crippen molar-refractivity contribution in [1.82, 2.24) is 0 Å². The summed E-state index contributed by atoms with van der Waals surface area (Å²) in [4.78, 5) is 14.9. The second-order valence-corrected chi connectivity index (χ2v) is 6.20. The first-order valence-electron chi connectivity index (χ1n) is 7.64. The number of quaternary nitrogens is 1. The normalized spacial score (nSPS) is 26.7. The van der Waals surface area contributed by atoms with Crippen LogP contribution in [0.4, 0.5) is 5.69 Å². The summed E-state index contributed by atoms with van der Waals surface area (Å²) in [6, 6.07) is 15.4. The lowest BCUT2D eigenvalue weighted by Gasteiger charge is -2.27. The van der Waals surface area contributed by atoms with Crippen LogP contribution >= 0.6 is 0 Å². The van der Waals surface area contributed by atoms with Crippen molar-refractivity contribution in [3.05, 3.63) is 59.7 Å². The molecule has 112 valence electrons. The van der Waals surface area contributed by atoms with E-state index in [0.717, 1.165) is 29.8 Å². The van der Waals surface area contributed by atoms with Gasteiger partial charge in [0.15, 0.2) is 0 Å². The van der Waals surface area contributed by atoms with Crippen LogP contribution in [0.5, 0.6) is 5.75 Å². The van der Waals surface area contributed by atoms with Crippen molar-refractivity contribution in [2.24, 2.45) is 0 Å². The Balaban J connectivity index is 1.89. The van der Waals surface area contributed by atoms with Crippen molar-refractivity contribution in [2.75, 3.05) is 18.5 Å². The van der Waals surface area contributed by atoms with Crippen LogP contribution in [0.25, 0.3) is 0 Å². The Kier molecular flexibility index (Phi) is 2.78. The van der Waals surface area contributed by atoms with Crippen LogP contribution in [0.3, 0.4) is 0 Å². The number of fused-ring (bicyclic) bond motifs is 2. The van der Waals surface area contributed by atoms with Gasteiger partial charge in [-0.15, -0.1) is 0 Å². The molecule has 4 nitrogen and oxygen atoms in total. The molecule has 3 N–H and O–H groups in total. The summed E-state index contributed by atoms with van der Waals surface area (Å²) in [6.45, 7) is 0.930. The third-order valence-electron chi connectivity index (χ3n) is 5.16. The minimum atomic E-state index is -0.484. The van der Waals surface area contributed by atoms with Crippen molar-refractivity contribution in [3.63, 3.8) is 0 Å². The lowest BCUT2D eigenvalue weighted by atomic mass is 9.73. The molecule has 1 amide bonds. The zero-order chi connectivity index (χ0) is 15.3. The van der Waals surface area contributed by atoms with Gasteiger partial charge < -0.3 is 15.3 Å². The van der Waals surface area contributed by atoms with E-state index in [1.165, 1.54) is 0 Å². The standard InChI is InChI=1S/C18H18N2O2/c1-20-15-5-3-2-4-14(15)18(17(20)22)10-11-19-16(18)12-6-8-13(21)9-7-12/h2-9,16,19,21H,10-11H2,1H3/p+1/t16-,18+/m1/s1. The third-order valence-corrected chi connectivity index (χ3v) is 5.16. The highest BCUT2D eigenvalue weighted by atomic mass is 16.3. The number of likely N-dealkylation sites (N-methyl/N-ethyl adjacent to an activating group) is 1. The first-order valence-corrected chi connectivity index (χ1v) is 7.64. The van der Waals surface area contributed by atoms with Crippen LogP contribution in [0.1, 0.15) is 23.6 Å². The number of carbonyl (C=O) groups is 1. The van der Waals surface area contributed by atoms with Crippen LogP contribution in [0.15, 0.2) is 48.5 Å². The van der Waals surface area contributed by atoms with Gasteiger partial charge in [-0.25, -0.2) is 0 Å². The summed E-state index contributed by atoms with van der Waals surface area (Å²) in [6.07, 6.45) is 0.846. The molecule has 2 aromatic rings. The van der Waals surface area contributed by atoms with Crippen LogP contribution in [0.2, 0.25) is 0 Å². The first kappa shape index (κ1) is 13.3. The second-order valence-electron chi connectivity index (χ2n) is 6.20. The molecule has 2 atom stereocenters. The molecule has 0 saturated carbocycles. The van der Waals surface area contributed by atoms with E-state index in [9.17, 15) is 9.90 Å². The number of amides is 1. The minimum absolute atomic E-state index is 0.0618. The molecule has 0 aromatic heterocycles. The van der Waals surface area contributed by atoms with E-state index in [-0.39, 0.29) is 17.7 Å². The van der Waals surface area contributed by atoms with E-state index in [1.54, 1.807) is 17.0 Å². The molecular formula is C18H19N2O2+. The number of rotatable bonds is 1. The predicted octanol–water partition coefficient (Wildman–Crippen LogP) is 1.31. The number of phenolic OH excluding ortho intramolecular Hbond substituents is 1. The van der Waals surface area contributed by atoms with E-state index in [0.29, 0.717) is 0 Å². The number of phenols is 1. The Hall–Kier alpha value is -2.33. The average Bonchev–Trinajstić information content (AvgIpc) is 3.07. The van der Waals surface area contributed by atoms with Gasteiger partial charge in [-0.2, -0.15) is 0 Å². The highest BCUT2D eigenvalue weighted by Crippen LogP contribution is 2.50. The van der Waals surface area contributed by atoms with Gasteiger partial charge in [-0.1, -0.05) is 18.2 Å². The summed E-state index contributed by atoms with van der Waals surface area (Å²) in [5.41, 5.74) is 2.76. The fraction of sp³-hybridized carbons (Fsp3) is 0.278. The van der Waals surface area contributed by atoms with E-state index in [4.69, 9.17) is 0 Å². The Morgan fingerprint density at radius 2 is 1.91 bits per heavy atom. The van der Waals surface area contributed by atoms with Crippen molar-refractivity contribution < 1.29 is 15.2 Å².